The zero-order chi connectivity index (χ0) is 25.9. The van der Waals surface area contributed by atoms with Gasteiger partial charge in [0.1, 0.15) is 5.92 Å². The molecule has 0 aliphatic carbocycles. The van der Waals surface area contributed by atoms with E-state index in [1.165, 1.54) is 25.3 Å². The molecule has 186 valence electrons. The first kappa shape index (κ1) is 25.3. The molecular formula is C22H20F3N3O7. The molecule has 3 rings (SSSR count). The third kappa shape index (κ3) is 5.45. The van der Waals surface area contributed by atoms with Crippen molar-refractivity contribution in [3.63, 3.8) is 0 Å². The van der Waals surface area contributed by atoms with Gasteiger partial charge < -0.3 is 24.8 Å². The fourth-order valence-corrected chi connectivity index (χ4v) is 3.47. The zero-order valence-electron chi connectivity index (χ0n) is 18.5. The van der Waals surface area contributed by atoms with Gasteiger partial charge in [0.2, 0.25) is 5.75 Å². The Morgan fingerprint density at radius 2 is 1.86 bits per heavy atom. The first-order chi connectivity index (χ1) is 16.5. The van der Waals surface area contributed by atoms with E-state index in [1.807, 2.05) is 0 Å². The summed E-state index contributed by atoms with van der Waals surface area (Å²) >= 11 is 0. The molecule has 1 fully saturated rings. The van der Waals surface area contributed by atoms with E-state index in [0.29, 0.717) is 17.7 Å². The Morgan fingerprint density at radius 1 is 1.17 bits per heavy atom. The van der Waals surface area contributed by atoms with Crippen LogP contribution in [0.25, 0.3) is 0 Å². The van der Waals surface area contributed by atoms with Crippen molar-refractivity contribution >= 4 is 17.7 Å². The van der Waals surface area contributed by atoms with Crippen molar-refractivity contribution in [2.24, 2.45) is 5.92 Å². The summed E-state index contributed by atoms with van der Waals surface area (Å²) in [7, 11) is 1.27. The van der Waals surface area contributed by atoms with Gasteiger partial charge in [-0.1, -0.05) is 12.6 Å². The van der Waals surface area contributed by atoms with E-state index < -0.39 is 52.1 Å². The third-order valence-corrected chi connectivity index (χ3v) is 5.06. The van der Waals surface area contributed by atoms with Crippen molar-refractivity contribution in [2.75, 3.05) is 13.7 Å². The van der Waals surface area contributed by atoms with Crippen LogP contribution in [0.3, 0.4) is 0 Å². The number of benzene rings is 2. The number of methoxy groups -OCH3 is 1. The number of nitrogens with zero attached hydrogens (tertiary/aromatic N) is 1. The highest BCUT2D eigenvalue weighted by Crippen LogP contribution is 2.41. The molecule has 2 aromatic carbocycles. The quantitative estimate of drug-likeness (QED) is 0.330. The second kappa shape index (κ2) is 9.91. The van der Waals surface area contributed by atoms with Gasteiger partial charge in [0.15, 0.2) is 11.5 Å². The molecule has 0 unspecified atom stereocenters. The minimum Gasteiger partial charge on any atom is -0.493 e. The van der Waals surface area contributed by atoms with Gasteiger partial charge >= 0.3 is 23.9 Å². The van der Waals surface area contributed by atoms with Crippen molar-refractivity contribution in [2.45, 2.75) is 19.1 Å². The second-order valence-corrected chi connectivity index (χ2v) is 7.28. The van der Waals surface area contributed by atoms with Gasteiger partial charge in [-0.25, -0.2) is 4.79 Å². The largest absolute Gasteiger partial charge is 0.493 e. The molecule has 1 aliphatic rings. The molecule has 2 atom stereocenters. The molecule has 0 spiro atoms. The molecule has 2 amide bonds. The van der Waals surface area contributed by atoms with Gasteiger partial charge in [-0.15, -0.1) is 0 Å². The van der Waals surface area contributed by atoms with Gasteiger partial charge in [-0.05, 0) is 36.8 Å². The number of hydrogen-bond acceptors (Lipinski definition) is 7. The maximum Gasteiger partial charge on any atom is 0.416 e. The van der Waals surface area contributed by atoms with Crippen molar-refractivity contribution in [1.29, 1.82) is 0 Å². The van der Waals surface area contributed by atoms with Crippen LogP contribution < -0.4 is 20.1 Å². The van der Waals surface area contributed by atoms with Crippen LogP contribution in [0.15, 0.2) is 48.7 Å². The lowest BCUT2D eigenvalue weighted by Gasteiger charge is -2.33. The van der Waals surface area contributed by atoms with Crippen LogP contribution in [0, 0.1) is 16.0 Å². The third-order valence-electron chi connectivity index (χ3n) is 5.06. The van der Waals surface area contributed by atoms with Crippen LogP contribution in [0.4, 0.5) is 23.7 Å². The maximum absolute atomic E-state index is 13.0. The van der Waals surface area contributed by atoms with Crippen LogP contribution >= 0.6 is 0 Å². The molecule has 35 heavy (non-hydrogen) atoms. The predicted octanol–water partition coefficient (Wildman–Crippen LogP) is 4.46. The first-order valence-electron chi connectivity index (χ1n) is 10.1. The van der Waals surface area contributed by atoms with Crippen molar-refractivity contribution in [1.82, 2.24) is 10.6 Å². The molecular weight excluding hydrogens is 475 g/mol. The molecule has 1 aliphatic heterocycles. The number of esters is 1. The lowest BCUT2D eigenvalue weighted by atomic mass is 9.89. The number of carbonyl (C=O) groups is 2. The summed E-state index contributed by atoms with van der Waals surface area (Å²) in [4.78, 5) is 34.9. The summed E-state index contributed by atoms with van der Waals surface area (Å²) in [5.74, 6) is -2.06. The average molecular weight is 495 g/mol. The molecule has 0 saturated carbocycles. The summed E-state index contributed by atoms with van der Waals surface area (Å²) in [5, 5.41) is 16.4. The summed E-state index contributed by atoms with van der Waals surface area (Å²) < 4.78 is 54.8. The summed E-state index contributed by atoms with van der Waals surface area (Å²) in [6.07, 6.45) is -4.78. The highest BCUT2D eigenvalue weighted by atomic mass is 19.4. The van der Waals surface area contributed by atoms with E-state index in [4.69, 9.17) is 14.2 Å². The highest BCUT2D eigenvalue weighted by Gasteiger charge is 2.39. The molecule has 2 aromatic rings. The summed E-state index contributed by atoms with van der Waals surface area (Å²) in [6.45, 7) is 5.45. The molecule has 1 heterocycles. The second-order valence-electron chi connectivity index (χ2n) is 7.28. The van der Waals surface area contributed by atoms with Gasteiger partial charge in [0.25, 0.3) is 0 Å². The highest BCUT2D eigenvalue weighted by molar-refractivity contribution is 5.85. The Kier molecular flexibility index (Phi) is 7.17. The fraction of sp³-hybridized carbons (Fsp3) is 0.273. The van der Waals surface area contributed by atoms with Gasteiger partial charge in [-0.2, -0.15) is 13.2 Å². The first-order valence-corrected chi connectivity index (χ1v) is 10.1. The standard InChI is InChI=1S/C22H20F3N3O7/c1-4-34-20(29)18-11(2)26-21(30)27-19(18)12-5-7-16(17(9-12)33-3)35-15-8-6-13(22(23,24)25)10-14(15)28(31)32/h5-10,18-19H,2,4H2,1,3H3,(H2,26,27,30)/t18-,19+/m1/s1. The van der Waals surface area contributed by atoms with Gasteiger partial charge in [0.05, 0.1) is 30.2 Å². The van der Waals surface area contributed by atoms with Crippen LogP contribution in [0.1, 0.15) is 24.1 Å². The van der Waals surface area contributed by atoms with Crippen molar-refractivity contribution in [3.8, 4) is 17.2 Å². The summed E-state index contributed by atoms with van der Waals surface area (Å²) in [5.41, 5.74) is -1.58. The fourth-order valence-electron chi connectivity index (χ4n) is 3.47. The number of nitrogens with one attached hydrogen (secondary N) is 2. The SMILES string of the molecule is C=C1NC(=O)N[C@@H](c2ccc(Oc3ccc(C(F)(F)F)cc3[N+](=O)[O-])c(OC)c2)[C@@H]1C(=O)OCC. The Balaban J connectivity index is 1.98. The van der Waals surface area contributed by atoms with E-state index in [9.17, 15) is 32.9 Å². The van der Waals surface area contributed by atoms with Gasteiger partial charge in [0, 0.05) is 11.8 Å². The molecule has 1 saturated heterocycles. The minimum absolute atomic E-state index is 0.0395. The molecule has 2 N–H and O–H groups in total. The average Bonchev–Trinajstić information content (AvgIpc) is 2.78. The number of nitro benzene ring substituents is 1. The lowest BCUT2D eigenvalue weighted by molar-refractivity contribution is -0.385. The van der Waals surface area contributed by atoms with Crippen LogP contribution in [0.2, 0.25) is 0 Å². The monoisotopic (exact) mass is 495 g/mol. The lowest BCUT2D eigenvalue weighted by Crippen LogP contribution is -2.51. The van der Waals surface area contributed by atoms with E-state index in [2.05, 4.69) is 17.2 Å². The Bertz CT molecular complexity index is 1180. The van der Waals surface area contributed by atoms with Crippen molar-refractivity contribution < 1.29 is 41.9 Å². The van der Waals surface area contributed by atoms with Crippen LogP contribution in [0.5, 0.6) is 17.2 Å². The molecule has 10 nitrogen and oxygen atoms in total. The molecule has 13 heteroatoms. The summed E-state index contributed by atoms with van der Waals surface area (Å²) in [6, 6.07) is 4.60. The Morgan fingerprint density at radius 3 is 2.46 bits per heavy atom. The van der Waals surface area contributed by atoms with Crippen LogP contribution in [-0.2, 0) is 15.7 Å². The van der Waals surface area contributed by atoms with Gasteiger partial charge in [-0.3, -0.25) is 14.9 Å². The molecule has 0 bridgehead atoms. The maximum atomic E-state index is 13.0. The van der Waals surface area contributed by atoms with Crippen LogP contribution in [-0.4, -0.2) is 30.6 Å². The van der Waals surface area contributed by atoms with E-state index in [1.54, 1.807) is 6.92 Å². The number of rotatable bonds is 7. The number of carbonyl (C=O) groups excluding carboxylic acids is 2. The van der Waals surface area contributed by atoms with E-state index in [-0.39, 0.29) is 23.8 Å². The van der Waals surface area contributed by atoms with E-state index >= 15 is 0 Å². The number of amides is 2. The minimum atomic E-state index is -4.78. The number of halogens is 3. The smallest absolute Gasteiger partial charge is 0.416 e. The number of ether oxygens (including phenoxy) is 3. The number of alkyl halides is 3. The number of urea groups is 1. The Labute approximate surface area is 196 Å². The normalized spacial score (nSPS) is 17.7. The zero-order valence-corrected chi connectivity index (χ0v) is 18.5. The Hall–Kier alpha value is -4.29. The van der Waals surface area contributed by atoms with Crippen molar-refractivity contribution in [3.05, 3.63) is 69.9 Å². The molecule has 0 radical (unpaired) electrons. The number of nitro groups is 1. The number of hydrogen-bond donors (Lipinski definition) is 2. The topological polar surface area (TPSA) is 129 Å². The molecule has 0 aromatic heterocycles. The predicted molar refractivity (Wildman–Crippen MR) is 115 cm³/mol. The van der Waals surface area contributed by atoms with E-state index in [0.717, 1.165) is 6.07 Å².